The van der Waals surface area contributed by atoms with Gasteiger partial charge in [-0.05, 0) is 18.6 Å². The van der Waals surface area contributed by atoms with Crippen molar-refractivity contribution in [2.24, 2.45) is 5.73 Å². The number of benzene rings is 1. The normalized spacial score (nSPS) is 12.3. The minimum atomic E-state index is -0.559. The zero-order valence-electron chi connectivity index (χ0n) is 14.3. The Hall–Kier alpha value is -2.55. The van der Waals surface area contributed by atoms with Gasteiger partial charge in [-0.2, -0.15) is 0 Å². The Kier molecular flexibility index (Phi) is 6.33. The number of aromatic nitrogens is 3. The second-order valence-corrected chi connectivity index (χ2v) is 6.22. The molecule has 27 heavy (non-hydrogen) atoms. The van der Waals surface area contributed by atoms with Crippen LogP contribution in [0.4, 0.5) is 4.39 Å². The molecule has 0 spiro atoms. The maximum atomic E-state index is 13.9. The van der Waals surface area contributed by atoms with Crippen molar-refractivity contribution in [3.8, 4) is 11.4 Å². The molecule has 0 bridgehead atoms. The molecule has 0 radical (unpaired) electrons. The predicted molar refractivity (Wildman–Crippen MR) is 96.8 cm³/mol. The van der Waals surface area contributed by atoms with Crippen LogP contribution in [0.5, 0.6) is 0 Å². The Balaban J connectivity index is 1.49. The van der Waals surface area contributed by atoms with E-state index in [1.807, 2.05) is 0 Å². The van der Waals surface area contributed by atoms with Gasteiger partial charge in [0.1, 0.15) is 23.6 Å². The molecule has 0 amide bonds. The van der Waals surface area contributed by atoms with Crippen molar-refractivity contribution in [2.75, 3.05) is 13.2 Å². The van der Waals surface area contributed by atoms with E-state index in [1.165, 1.54) is 18.4 Å². The molecule has 9 heteroatoms. The number of ether oxygens (including phenoxy) is 1. The monoisotopic (exact) mass is 392 g/mol. The molecule has 0 aliphatic heterocycles. The van der Waals surface area contributed by atoms with Crippen molar-refractivity contribution < 1.29 is 18.4 Å². The molecule has 0 saturated heterocycles. The molecule has 3 N–H and O–H groups in total. The van der Waals surface area contributed by atoms with E-state index in [9.17, 15) is 9.18 Å². The Bertz CT molecular complexity index is 898. The van der Waals surface area contributed by atoms with Crippen molar-refractivity contribution >= 4 is 17.4 Å². The number of nitrogens with zero attached hydrogens (tertiary/aromatic N) is 2. The SMILES string of the molecule is N[C@@H](COCCCC(=O)c1ccon1)c1[nH]c(-c2ccccc2F)nc1Cl. The highest BCUT2D eigenvalue weighted by Crippen LogP contribution is 2.26. The number of carbonyl (C=O) groups is 1. The Labute approximate surface area is 159 Å². The highest BCUT2D eigenvalue weighted by Gasteiger charge is 2.18. The maximum absolute atomic E-state index is 13.9. The van der Waals surface area contributed by atoms with Gasteiger partial charge < -0.3 is 20.0 Å². The highest BCUT2D eigenvalue weighted by atomic mass is 35.5. The first-order valence-corrected chi connectivity index (χ1v) is 8.71. The molecule has 3 rings (SSSR count). The van der Waals surface area contributed by atoms with E-state index in [1.54, 1.807) is 18.2 Å². The first-order valence-electron chi connectivity index (χ1n) is 8.33. The fourth-order valence-electron chi connectivity index (χ4n) is 2.50. The predicted octanol–water partition coefficient (Wildman–Crippen LogP) is 3.54. The summed E-state index contributed by atoms with van der Waals surface area (Å²) in [7, 11) is 0. The lowest BCUT2D eigenvalue weighted by atomic mass is 10.2. The van der Waals surface area contributed by atoms with E-state index < -0.39 is 11.9 Å². The number of ketones is 1. The Morgan fingerprint density at radius 3 is 2.93 bits per heavy atom. The van der Waals surface area contributed by atoms with Gasteiger partial charge in [-0.1, -0.05) is 28.9 Å². The quantitative estimate of drug-likeness (QED) is 0.426. The van der Waals surface area contributed by atoms with E-state index in [-0.39, 0.29) is 17.5 Å². The van der Waals surface area contributed by atoms with Crippen LogP contribution in [0.1, 0.15) is 35.1 Å². The van der Waals surface area contributed by atoms with Gasteiger partial charge in [0.05, 0.1) is 23.9 Å². The molecule has 0 fully saturated rings. The van der Waals surface area contributed by atoms with Crippen molar-refractivity contribution in [1.29, 1.82) is 0 Å². The average Bonchev–Trinajstić information content (AvgIpc) is 3.31. The summed E-state index contributed by atoms with van der Waals surface area (Å²) in [6, 6.07) is 7.20. The van der Waals surface area contributed by atoms with Gasteiger partial charge in [0.25, 0.3) is 0 Å². The summed E-state index contributed by atoms with van der Waals surface area (Å²) in [5, 5.41) is 3.76. The summed E-state index contributed by atoms with van der Waals surface area (Å²) < 4.78 is 24.0. The third kappa shape index (κ3) is 4.79. The van der Waals surface area contributed by atoms with Gasteiger partial charge in [-0.25, -0.2) is 9.37 Å². The fourth-order valence-corrected chi connectivity index (χ4v) is 2.78. The number of nitrogens with two attached hydrogens (primary N) is 1. The smallest absolute Gasteiger partial charge is 0.184 e. The molecule has 7 nitrogen and oxygen atoms in total. The van der Waals surface area contributed by atoms with E-state index in [4.69, 9.17) is 22.1 Å². The second kappa shape index (κ2) is 8.90. The number of carbonyl (C=O) groups excluding carboxylic acids is 1. The lowest BCUT2D eigenvalue weighted by Gasteiger charge is -2.10. The van der Waals surface area contributed by atoms with Crippen molar-refractivity contribution in [1.82, 2.24) is 15.1 Å². The Morgan fingerprint density at radius 2 is 2.19 bits per heavy atom. The van der Waals surface area contributed by atoms with Crippen LogP contribution in [0.3, 0.4) is 0 Å². The molecule has 1 atom stereocenters. The van der Waals surface area contributed by atoms with Crippen molar-refractivity contribution in [2.45, 2.75) is 18.9 Å². The zero-order valence-corrected chi connectivity index (χ0v) is 15.1. The van der Waals surface area contributed by atoms with E-state index in [2.05, 4.69) is 19.6 Å². The number of H-pyrrole nitrogens is 1. The van der Waals surface area contributed by atoms with Crippen LogP contribution in [0.25, 0.3) is 11.4 Å². The zero-order chi connectivity index (χ0) is 19.2. The third-order valence-electron chi connectivity index (χ3n) is 3.90. The van der Waals surface area contributed by atoms with E-state index >= 15 is 0 Å². The molecule has 0 aliphatic carbocycles. The van der Waals surface area contributed by atoms with Gasteiger partial charge in [-0.15, -0.1) is 0 Å². The van der Waals surface area contributed by atoms with Crippen LogP contribution in [0.15, 0.2) is 41.1 Å². The molecule has 2 heterocycles. The van der Waals surface area contributed by atoms with Crippen molar-refractivity contribution in [3.63, 3.8) is 0 Å². The summed E-state index contributed by atoms with van der Waals surface area (Å²) >= 11 is 6.12. The fraction of sp³-hybridized carbons (Fsp3) is 0.278. The third-order valence-corrected chi connectivity index (χ3v) is 4.19. The molecular formula is C18H18ClFN4O3. The number of hydrogen-bond acceptors (Lipinski definition) is 6. The number of halogens is 2. The van der Waals surface area contributed by atoms with Gasteiger partial charge in [0.15, 0.2) is 10.9 Å². The van der Waals surface area contributed by atoms with Crippen LogP contribution in [-0.4, -0.2) is 34.1 Å². The van der Waals surface area contributed by atoms with Gasteiger partial charge in [0, 0.05) is 19.1 Å². The van der Waals surface area contributed by atoms with E-state index in [0.29, 0.717) is 42.2 Å². The number of imidazole rings is 1. The second-order valence-electron chi connectivity index (χ2n) is 5.86. The lowest BCUT2D eigenvalue weighted by Crippen LogP contribution is -2.18. The number of rotatable bonds is 9. The molecule has 142 valence electrons. The van der Waals surface area contributed by atoms with Gasteiger partial charge in [0.2, 0.25) is 0 Å². The number of nitrogens with one attached hydrogen (secondary N) is 1. The highest BCUT2D eigenvalue weighted by molar-refractivity contribution is 6.30. The first kappa shape index (κ1) is 19.2. The first-order chi connectivity index (χ1) is 13.1. The molecule has 0 saturated carbocycles. The topological polar surface area (TPSA) is 107 Å². The van der Waals surface area contributed by atoms with Crippen LogP contribution >= 0.6 is 11.6 Å². The summed E-state index contributed by atoms with van der Waals surface area (Å²) in [6.45, 7) is 0.528. The lowest BCUT2D eigenvalue weighted by molar-refractivity contribution is 0.0913. The molecular weight excluding hydrogens is 375 g/mol. The molecule has 2 aromatic heterocycles. The van der Waals surface area contributed by atoms with Crippen LogP contribution < -0.4 is 5.73 Å². The average molecular weight is 393 g/mol. The molecule has 1 aromatic carbocycles. The molecule has 0 aliphatic rings. The largest absolute Gasteiger partial charge is 0.379 e. The minimum absolute atomic E-state index is 0.109. The van der Waals surface area contributed by atoms with Crippen LogP contribution in [0, 0.1) is 5.82 Å². The number of Topliss-reactive ketones (excluding diaryl/α,β-unsaturated/α-hetero) is 1. The number of hydrogen-bond donors (Lipinski definition) is 2. The standard InChI is InChI=1S/C18H18ClFN4O3/c19-17-16(22-18(23-17)11-4-1-2-5-12(11)20)13(21)10-26-8-3-6-15(25)14-7-9-27-24-14/h1-2,4-5,7,9,13H,3,6,8,10,21H2,(H,22,23)/t13-/m0/s1. The Morgan fingerprint density at radius 1 is 1.37 bits per heavy atom. The maximum Gasteiger partial charge on any atom is 0.184 e. The number of aromatic amines is 1. The molecule has 0 unspecified atom stereocenters. The van der Waals surface area contributed by atoms with Gasteiger partial charge in [-0.3, -0.25) is 4.79 Å². The van der Waals surface area contributed by atoms with Crippen LogP contribution in [0.2, 0.25) is 5.15 Å². The summed E-state index contributed by atoms with van der Waals surface area (Å²) in [4.78, 5) is 18.9. The summed E-state index contributed by atoms with van der Waals surface area (Å²) in [5.41, 5.74) is 7.16. The minimum Gasteiger partial charge on any atom is -0.379 e. The van der Waals surface area contributed by atoms with Crippen LogP contribution in [-0.2, 0) is 4.74 Å². The van der Waals surface area contributed by atoms with Gasteiger partial charge >= 0.3 is 0 Å². The summed E-state index contributed by atoms with van der Waals surface area (Å²) in [5.74, 6) is -0.208. The van der Waals surface area contributed by atoms with Crippen molar-refractivity contribution in [3.05, 3.63) is 59.0 Å². The van der Waals surface area contributed by atoms with E-state index in [0.717, 1.165) is 0 Å². The molecule has 3 aromatic rings. The summed E-state index contributed by atoms with van der Waals surface area (Å²) in [6.07, 6.45) is 2.17.